The van der Waals surface area contributed by atoms with E-state index in [1.807, 2.05) is 20.8 Å². The van der Waals surface area contributed by atoms with E-state index in [1.54, 1.807) is 0 Å². The van der Waals surface area contributed by atoms with E-state index in [2.05, 4.69) is 10.3 Å². The molecule has 0 radical (unpaired) electrons. The maximum absolute atomic E-state index is 10.7. The number of rotatable bonds is 0. The largest absolute Gasteiger partial charge is 0.312 e. The lowest BCUT2D eigenvalue weighted by atomic mass is 9.95. The Kier molecular flexibility index (Phi) is 1.50. The van der Waals surface area contributed by atoms with Crippen LogP contribution in [0.1, 0.15) is 20.8 Å². The average molecular weight is 140 g/mol. The molecule has 0 fully saturated rings. The maximum atomic E-state index is 10.7. The van der Waals surface area contributed by atoms with E-state index in [4.69, 9.17) is 0 Å². The number of nitrogens with zero attached hydrogens (tertiary/aromatic N) is 1. The summed E-state index contributed by atoms with van der Waals surface area (Å²) in [6.45, 7) is 6.37. The molecule has 0 atom stereocenters. The molecule has 1 aliphatic rings. The van der Waals surface area contributed by atoms with Crippen LogP contribution in [0.5, 0.6) is 0 Å². The summed E-state index contributed by atoms with van der Waals surface area (Å²) in [5.74, 6) is 0.808. The van der Waals surface area contributed by atoms with Crippen LogP contribution in [-0.2, 0) is 4.79 Å². The summed E-state index contributed by atoms with van der Waals surface area (Å²) in [7, 11) is 0. The molecule has 0 saturated heterocycles. The zero-order valence-corrected chi connectivity index (χ0v) is 6.56. The molecule has 0 aromatic heterocycles. The topological polar surface area (TPSA) is 41.5 Å². The molecule has 0 unspecified atom stereocenters. The molecule has 1 heterocycles. The lowest BCUT2D eigenvalue weighted by molar-refractivity contribution is -0.117. The van der Waals surface area contributed by atoms with Gasteiger partial charge in [-0.2, -0.15) is 0 Å². The summed E-state index contributed by atoms with van der Waals surface area (Å²) in [6.07, 6.45) is 0. The van der Waals surface area contributed by atoms with Crippen LogP contribution in [0.3, 0.4) is 0 Å². The molecule has 1 N–H and O–H groups in total. The fourth-order valence-corrected chi connectivity index (χ4v) is 0.787. The standard InChI is InChI=1S/C7H12N2O/c1-7(2,3)6-8-4-5(10)9-6/h4H2,1-3H3,(H,8,9,10). The Balaban J connectivity index is 2.69. The fourth-order valence-electron chi connectivity index (χ4n) is 0.787. The zero-order valence-electron chi connectivity index (χ0n) is 6.56. The van der Waals surface area contributed by atoms with Crippen LogP contribution in [-0.4, -0.2) is 18.3 Å². The van der Waals surface area contributed by atoms with Gasteiger partial charge in [-0.1, -0.05) is 20.8 Å². The van der Waals surface area contributed by atoms with Gasteiger partial charge in [-0.25, -0.2) is 0 Å². The Bertz CT molecular complexity index is 188. The summed E-state index contributed by atoms with van der Waals surface area (Å²) in [5, 5.41) is 2.70. The first-order chi connectivity index (χ1) is 4.50. The molecule has 10 heavy (non-hydrogen) atoms. The molecule has 1 rings (SSSR count). The summed E-state index contributed by atoms with van der Waals surface area (Å²) in [5.41, 5.74) is -0.0217. The highest BCUT2D eigenvalue weighted by atomic mass is 16.2. The summed E-state index contributed by atoms with van der Waals surface area (Å²) < 4.78 is 0. The second-order valence-corrected chi connectivity index (χ2v) is 3.46. The average Bonchev–Trinajstić information content (AvgIpc) is 2.11. The van der Waals surface area contributed by atoms with Crippen molar-refractivity contribution in [3.63, 3.8) is 0 Å². The number of carbonyl (C=O) groups is 1. The van der Waals surface area contributed by atoms with Gasteiger partial charge < -0.3 is 5.32 Å². The second kappa shape index (κ2) is 2.08. The molecule has 0 spiro atoms. The normalized spacial score (nSPS) is 18.7. The fraction of sp³-hybridized carbons (Fsp3) is 0.714. The Morgan fingerprint density at radius 1 is 1.50 bits per heavy atom. The molecule has 1 aliphatic heterocycles. The molecule has 56 valence electrons. The van der Waals surface area contributed by atoms with Gasteiger partial charge in [0.15, 0.2) is 0 Å². The molecule has 0 aromatic rings. The molecule has 0 aromatic carbocycles. The van der Waals surface area contributed by atoms with Gasteiger partial charge >= 0.3 is 0 Å². The summed E-state index contributed by atoms with van der Waals surface area (Å²) in [6, 6.07) is 0. The number of carbonyl (C=O) groups excluding carboxylic acids is 1. The van der Waals surface area contributed by atoms with E-state index in [0.717, 1.165) is 5.84 Å². The lowest BCUT2D eigenvalue weighted by Gasteiger charge is -2.17. The van der Waals surface area contributed by atoms with Crippen molar-refractivity contribution in [3.8, 4) is 0 Å². The van der Waals surface area contributed by atoms with Crippen molar-refractivity contribution < 1.29 is 4.79 Å². The van der Waals surface area contributed by atoms with Gasteiger partial charge in [0.2, 0.25) is 5.91 Å². The highest BCUT2D eigenvalue weighted by Gasteiger charge is 2.24. The van der Waals surface area contributed by atoms with Crippen molar-refractivity contribution in [1.29, 1.82) is 0 Å². The highest BCUT2D eigenvalue weighted by molar-refractivity contribution is 6.06. The molecule has 3 nitrogen and oxygen atoms in total. The third-order valence-corrected chi connectivity index (χ3v) is 1.35. The minimum Gasteiger partial charge on any atom is -0.312 e. The minimum absolute atomic E-state index is 0.00456. The Morgan fingerprint density at radius 3 is 2.30 bits per heavy atom. The van der Waals surface area contributed by atoms with Gasteiger partial charge in [0.1, 0.15) is 12.4 Å². The van der Waals surface area contributed by atoms with Crippen LogP contribution in [0.2, 0.25) is 0 Å². The van der Waals surface area contributed by atoms with Crippen molar-refractivity contribution in [1.82, 2.24) is 5.32 Å². The molecular weight excluding hydrogens is 128 g/mol. The predicted octanol–water partition coefficient (Wildman–Crippen LogP) is 0.561. The molecular formula is C7H12N2O. The van der Waals surface area contributed by atoms with Gasteiger partial charge in [0.05, 0.1) is 0 Å². The second-order valence-electron chi connectivity index (χ2n) is 3.46. The molecule has 3 heteroatoms. The van der Waals surface area contributed by atoms with Crippen molar-refractivity contribution in [2.24, 2.45) is 10.4 Å². The number of hydrogen-bond donors (Lipinski definition) is 1. The van der Waals surface area contributed by atoms with Gasteiger partial charge in [0, 0.05) is 5.41 Å². The summed E-state index contributed by atoms with van der Waals surface area (Å²) >= 11 is 0. The number of amides is 1. The van der Waals surface area contributed by atoms with E-state index in [9.17, 15) is 4.79 Å². The third-order valence-electron chi connectivity index (χ3n) is 1.35. The number of amidine groups is 1. The SMILES string of the molecule is CC(C)(C)C1=NCC(=O)N1. The molecule has 0 bridgehead atoms. The van der Waals surface area contributed by atoms with E-state index in [1.165, 1.54) is 0 Å². The first kappa shape index (κ1) is 7.25. The van der Waals surface area contributed by atoms with Crippen molar-refractivity contribution >= 4 is 11.7 Å². The van der Waals surface area contributed by atoms with Gasteiger partial charge in [-0.15, -0.1) is 0 Å². The quantitative estimate of drug-likeness (QED) is 0.525. The highest BCUT2D eigenvalue weighted by Crippen LogP contribution is 2.15. The number of aliphatic imine (C=N–C) groups is 1. The van der Waals surface area contributed by atoms with Crippen molar-refractivity contribution in [2.45, 2.75) is 20.8 Å². The van der Waals surface area contributed by atoms with Crippen LogP contribution in [0.4, 0.5) is 0 Å². The lowest BCUT2D eigenvalue weighted by Crippen LogP contribution is -2.34. The van der Waals surface area contributed by atoms with Crippen LogP contribution < -0.4 is 5.32 Å². The van der Waals surface area contributed by atoms with Crippen LogP contribution in [0, 0.1) is 5.41 Å². The third kappa shape index (κ3) is 1.35. The molecule has 1 amide bonds. The van der Waals surface area contributed by atoms with E-state index < -0.39 is 0 Å². The predicted molar refractivity (Wildman–Crippen MR) is 39.9 cm³/mol. The number of nitrogens with one attached hydrogen (secondary N) is 1. The first-order valence-electron chi connectivity index (χ1n) is 3.35. The number of hydrogen-bond acceptors (Lipinski definition) is 2. The van der Waals surface area contributed by atoms with E-state index >= 15 is 0 Å². The van der Waals surface area contributed by atoms with Gasteiger partial charge in [-0.3, -0.25) is 9.79 Å². The first-order valence-corrected chi connectivity index (χ1v) is 3.35. The van der Waals surface area contributed by atoms with Gasteiger partial charge in [0.25, 0.3) is 0 Å². The van der Waals surface area contributed by atoms with Crippen LogP contribution in [0.15, 0.2) is 4.99 Å². The molecule has 0 saturated carbocycles. The Morgan fingerprint density at radius 2 is 2.10 bits per heavy atom. The van der Waals surface area contributed by atoms with Crippen molar-refractivity contribution in [3.05, 3.63) is 0 Å². The van der Waals surface area contributed by atoms with E-state index in [-0.39, 0.29) is 11.3 Å². The Hall–Kier alpha value is -0.860. The van der Waals surface area contributed by atoms with Crippen LogP contribution in [0.25, 0.3) is 0 Å². The van der Waals surface area contributed by atoms with Gasteiger partial charge in [-0.05, 0) is 0 Å². The van der Waals surface area contributed by atoms with E-state index in [0.29, 0.717) is 6.54 Å². The zero-order chi connectivity index (χ0) is 7.78. The molecule has 0 aliphatic carbocycles. The minimum atomic E-state index is -0.0217. The summed E-state index contributed by atoms with van der Waals surface area (Å²) in [4.78, 5) is 14.7. The maximum Gasteiger partial charge on any atom is 0.247 e. The van der Waals surface area contributed by atoms with Crippen LogP contribution >= 0.6 is 0 Å². The van der Waals surface area contributed by atoms with Crippen molar-refractivity contribution in [2.75, 3.05) is 6.54 Å². The monoisotopic (exact) mass is 140 g/mol. The Labute approximate surface area is 60.5 Å². The smallest absolute Gasteiger partial charge is 0.247 e.